The lowest BCUT2D eigenvalue weighted by molar-refractivity contribution is 0.0695. The number of likely N-dealkylation sites (N-methyl/N-ethyl adjacent to an activating group) is 1. The van der Waals surface area contributed by atoms with Gasteiger partial charge in [-0.05, 0) is 18.1 Å². The van der Waals surface area contributed by atoms with E-state index in [1.54, 1.807) is 31.5 Å². The first-order chi connectivity index (χ1) is 10.1. The molecule has 0 spiro atoms. The van der Waals surface area contributed by atoms with E-state index in [1.165, 1.54) is 0 Å². The van der Waals surface area contributed by atoms with E-state index in [2.05, 4.69) is 9.97 Å². The maximum absolute atomic E-state index is 11.2. The third-order valence-electron chi connectivity index (χ3n) is 3.13. The van der Waals surface area contributed by atoms with E-state index in [4.69, 9.17) is 9.84 Å². The summed E-state index contributed by atoms with van der Waals surface area (Å²) in [5.41, 5.74) is 1.12. The summed E-state index contributed by atoms with van der Waals surface area (Å²) in [7, 11) is 3.41. The molecular weight excluding hydrogens is 270 g/mol. The third kappa shape index (κ3) is 3.68. The molecule has 1 heterocycles. The molecular formula is C15H17N3O3. The highest BCUT2D eigenvalue weighted by molar-refractivity contribution is 5.89. The predicted molar refractivity (Wildman–Crippen MR) is 79.0 cm³/mol. The SMILES string of the molecule is COc1ccnc(N(C)CCc2ccccc2C(=O)O)n1. The first-order valence-electron chi connectivity index (χ1n) is 6.51. The van der Waals surface area contributed by atoms with Crippen molar-refractivity contribution in [1.29, 1.82) is 0 Å². The average molecular weight is 287 g/mol. The van der Waals surface area contributed by atoms with Gasteiger partial charge in [0.25, 0.3) is 0 Å². The number of carbonyl (C=O) groups is 1. The molecule has 0 radical (unpaired) electrons. The van der Waals surface area contributed by atoms with Crippen LogP contribution in [0.5, 0.6) is 5.88 Å². The molecule has 2 aromatic rings. The van der Waals surface area contributed by atoms with E-state index in [-0.39, 0.29) is 0 Å². The highest BCUT2D eigenvalue weighted by Crippen LogP contribution is 2.13. The summed E-state index contributed by atoms with van der Waals surface area (Å²) >= 11 is 0. The fraction of sp³-hybridized carbons (Fsp3) is 0.267. The van der Waals surface area contributed by atoms with Crippen LogP contribution in [-0.2, 0) is 6.42 Å². The number of rotatable bonds is 6. The van der Waals surface area contributed by atoms with E-state index >= 15 is 0 Å². The molecule has 6 heteroatoms. The number of ether oxygens (including phenoxy) is 1. The van der Waals surface area contributed by atoms with Crippen LogP contribution in [0.1, 0.15) is 15.9 Å². The van der Waals surface area contributed by atoms with E-state index in [9.17, 15) is 4.79 Å². The molecule has 0 amide bonds. The van der Waals surface area contributed by atoms with Crippen molar-refractivity contribution < 1.29 is 14.6 Å². The van der Waals surface area contributed by atoms with E-state index in [0.29, 0.717) is 30.4 Å². The molecule has 21 heavy (non-hydrogen) atoms. The minimum atomic E-state index is -0.911. The molecule has 0 atom stereocenters. The van der Waals surface area contributed by atoms with Gasteiger partial charge in [0.05, 0.1) is 12.7 Å². The average Bonchev–Trinajstić information content (AvgIpc) is 2.52. The van der Waals surface area contributed by atoms with Crippen molar-refractivity contribution in [2.75, 3.05) is 25.6 Å². The van der Waals surface area contributed by atoms with E-state index in [1.807, 2.05) is 24.1 Å². The van der Waals surface area contributed by atoms with Gasteiger partial charge in [-0.1, -0.05) is 18.2 Å². The summed E-state index contributed by atoms with van der Waals surface area (Å²) in [6, 6.07) is 8.67. The second kappa shape index (κ2) is 6.69. The van der Waals surface area contributed by atoms with Gasteiger partial charge >= 0.3 is 5.97 Å². The fourth-order valence-corrected chi connectivity index (χ4v) is 1.97. The molecule has 1 N–H and O–H groups in total. The number of methoxy groups -OCH3 is 1. The molecule has 0 aliphatic carbocycles. The molecule has 0 aliphatic rings. The molecule has 2 rings (SSSR count). The van der Waals surface area contributed by atoms with Crippen molar-refractivity contribution in [3.63, 3.8) is 0 Å². The normalized spacial score (nSPS) is 10.2. The molecule has 6 nitrogen and oxygen atoms in total. The number of carboxylic acids is 1. The first-order valence-corrected chi connectivity index (χ1v) is 6.51. The number of aromatic nitrogens is 2. The standard InChI is InChI=1S/C15H17N3O3/c1-18(15-16-9-7-13(17-15)21-2)10-8-11-5-3-4-6-12(11)14(19)20/h3-7,9H,8,10H2,1-2H3,(H,19,20). The molecule has 0 bridgehead atoms. The molecule has 0 unspecified atom stereocenters. The molecule has 1 aromatic carbocycles. The number of benzene rings is 1. The van der Waals surface area contributed by atoms with Gasteiger partial charge in [0, 0.05) is 25.9 Å². The van der Waals surface area contributed by atoms with Gasteiger partial charge in [0.15, 0.2) is 0 Å². The Morgan fingerprint density at radius 2 is 2.10 bits per heavy atom. The predicted octanol–water partition coefficient (Wildman–Crippen LogP) is 1.86. The first kappa shape index (κ1) is 14.8. The van der Waals surface area contributed by atoms with Crippen LogP contribution in [0, 0.1) is 0 Å². The number of hydrogen-bond acceptors (Lipinski definition) is 5. The van der Waals surface area contributed by atoms with E-state index < -0.39 is 5.97 Å². The Kier molecular flexibility index (Phi) is 4.71. The van der Waals surface area contributed by atoms with Crippen LogP contribution in [0.25, 0.3) is 0 Å². The summed E-state index contributed by atoms with van der Waals surface area (Å²) in [6.07, 6.45) is 2.22. The third-order valence-corrected chi connectivity index (χ3v) is 3.13. The fourth-order valence-electron chi connectivity index (χ4n) is 1.97. The zero-order valence-electron chi connectivity index (χ0n) is 12.0. The van der Waals surface area contributed by atoms with Crippen molar-refractivity contribution in [2.24, 2.45) is 0 Å². The van der Waals surface area contributed by atoms with Gasteiger partial charge in [0.2, 0.25) is 11.8 Å². The molecule has 0 saturated heterocycles. The molecule has 1 aromatic heterocycles. The highest BCUT2D eigenvalue weighted by Gasteiger charge is 2.11. The topological polar surface area (TPSA) is 75.5 Å². The number of hydrogen-bond donors (Lipinski definition) is 1. The van der Waals surface area contributed by atoms with Gasteiger partial charge in [-0.3, -0.25) is 0 Å². The van der Waals surface area contributed by atoms with Crippen LogP contribution in [0.2, 0.25) is 0 Å². The molecule has 0 aliphatic heterocycles. The Labute approximate surface area is 123 Å². The lowest BCUT2D eigenvalue weighted by Gasteiger charge is -2.17. The Hall–Kier alpha value is -2.63. The van der Waals surface area contributed by atoms with Gasteiger partial charge in [-0.15, -0.1) is 0 Å². The zero-order valence-corrected chi connectivity index (χ0v) is 12.0. The van der Waals surface area contributed by atoms with Crippen LogP contribution in [0.15, 0.2) is 36.5 Å². The Morgan fingerprint density at radius 3 is 2.81 bits per heavy atom. The summed E-state index contributed by atoms with van der Waals surface area (Å²) < 4.78 is 5.06. The summed E-state index contributed by atoms with van der Waals surface area (Å²) in [5, 5.41) is 9.16. The van der Waals surface area contributed by atoms with Crippen LogP contribution in [0.4, 0.5) is 5.95 Å². The Bertz CT molecular complexity index is 631. The number of anilines is 1. The van der Waals surface area contributed by atoms with Crippen LogP contribution >= 0.6 is 0 Å². The Morgan fingerprint density at radius 1 is 1.33 bits per heavy atom. The second-order valence-corrected chi connectivity index (χ2v) is 4.53. The van der Waals surface area contributed by atoms with Crippen molar-refractivity contribution in [2.45, 2.75) is 6.42 Å². The summed E-state index contributed by atoms with van der Waals surface area (Å²) in [5.74, 6) is 0.130. The number of aromatic carboxylic acids is 1. The monoisotopic (exact) mass is 287 g/mol. The minimum absolute atomic E-state index is 0.331. The molecule has 0 saturated carbocycles. The van der Waals surface area contributed by atoms with Crippen molar-refractivity contribution in [3.05, 3.63) is 47.7 Å². The maximum Gasteiger partial charge on any atom is 0.335 e. The smallest absolute Gasteiger partial charge is 0.335 e. The lowest BCUT2D eigenvalue weighted by atomic mass is 10.0. The minimum Gasteiger partial charge on any atom is -0.481 e. The van der Waals surface area contributed by atoms with Gasteiger partial charge in [0.1, 0.15) is 0 Å². The van der Waals surface area contributed by atoms with Crippen LogP contribution < -0.4 is 9.64 Å². The van der Waals surface area contributed by atoms with Crippen LogP contribution in [-0.4, -0.2) is 41.7 Å². The largest absolute Gasteiger partial charge is 0.481 e. The Balaban J connectivity index is 2.07. The van der Waals surface area contributed by atoms with Crippen molar-refractivity contribution >= 4 is 11.9 Å². The quantitative estimate of drug-likeness (QED) is 0.874. The highest BCUT2D eigenvalue weighted by atomic mass is 16.5. The maximum atomic E-state index is 11.2. The summed E-state index contributed by atoms with van der Waals surface area (Å²) in [6.45, 7) is 0.609. The van der Waals surface area contributed by atoms with Crippen LogP contribution in [0.3, 0.4) is 0 Å². The zero-order chi connectivity index (χ0) is 15.2. The number of nitrogens with zero attached hydrogens (tertiary/aromatic N) is 3. The van der Waals surface area contributed by atoms with Gasteiger partial charge in [-0.25, -0.2) is 9.78 Å². The van der Waals surface area contributed by atoms with Crippen molar-refractivity contribution in [1.82, 2.24) is 9.97 Å². The second-order valence-electron chi connectivity index (χ2n) is 4.53. The van der Waals surface area contributed by atoms with E-state index in [0.717, 1.165) is 5.56 Å². The molecule has 0 fully saturated rings. The van der Waals surface area contributed by atoms with Gasteiger partial charge < -0.3 is 14.7 Å². The number of carboxylic acid groups (broad SMARTS) is 1. The van der Waals surface area contributed by atoms with Gasteiger partial charge in [-0.2, -0.15) is 4.98 Å². The lowest BCUT2D eigenvalue weighted by Crippen LogP contribution is -2.23. The summed E-state index contributed by atoms with van der Waals surface area (Å²) in [4.78, 5) is 21.4. The molecule has 110 valence electrons. The van der Waals surface area contributed by atoms with Crippen molar-refractivity contribution in [3.8, 4) is 5.88 Å².